The minimum Gasteiger partial charge on any atom is -0.481 e. The van der Waals surface area contributed by atoms with Crippen LogP contribution >= 0.6 is 0 Å². The predicted octanol–water partition coefficient (Wildman–Crippen LogP) is 5.70. The molecule has 6 heterocycles. The highest BCUT2D eigenvalue weighted by atomic mass is 19.2. The van der Waals surface area contributed by atoms with Gasteiger partial charge in [-0.2, -0.15) is 0 Å². The molecule has 0 amide bonds. The van der Waals surface area contributed by atoms with Crippen molar-refractivity contribution in [3.8, 4) is 22.9 Å². The third-order valence-electron chi connectivity index (χ3n) is 12.5. The molecule has 4 aromatic heterocycles. The number of methoxy groups -OCH3 is 1. The first-order valence-electron chi connectivity index (χ1n) is 21.4. The van der Waals surface area contributed by atoms with Crippen LogP contribution in [0.25, 0.3) is 22.9 Å². The molecule has 0 bridgehead atoms. The fraction of sp³-hybridized carbons (Fsp3) is 0.409. The third kappa shape index (κ3) is 9.71. The standard InChI is InChI=1S/2C22H22F2N6O3/c1-32-19(31)4-12-2-3-30(11-12)22-29-28-20(33-22)15-9-25-21(26-10-15)27-16-5-13-7-17(23)18(24)8-14(13)6-16;1-11(20(31)32)12-2-3-30(10-12)22-29-28-19(33-22)15-8-25-21(26-9-15)27-16-4-13-6-17(23)18(24)7-14(13)5-16/h7-10,12,16H,2-6,11H2,1H3,(H,25,26,27);6-9,11-12,16H,2-5,10H2,1H3,(H,31,32)(H,25,26,27). The number of fused-ring (bicyclic) bond motifs is 2. The average Bonchev–Trinajstić information content (AvgIpc) is 4.17. The number of halogens is 4. The maximum Gasteiger partial charge on any atom is 0.318 e. The van der Waals surface area contributed by atoms with Crippen molar-refractivity contribution >= 4 is 35.9 Å². The molecule has 3 N–H and O–H groups in total. The van der Waals surface area contributed by atoms with E-state index in [1.807, 2.05) is 9.80 Å². The zero-order valence-electron chi connectivity index (χ0n) is 35.8. The number of carbonyl (C=O) groups excluding carboxylic acids is 1. The lowest BCUT2D eigenvalue weighted by Crippen LogP contribution is -2.25. The number of aromatic nitrogens is 8. The normalized spacial score (nSPS) is 18.5. The average molecular weight is 913 g/mol. The molecule has 2 aromatic carbocycles. The number of esters is 1. The summed E-state index contributed by atoms with van der Waals surface area (Å²) >= 11 is 0. The van der Waals surface area contributed by atoms with Gasteiger partial charge in [-0.1, -0.05) is 17.1 Å². The van der Waals surface area contributed by atoms with Gasteiger partial charge in [-0.25, -0.2) is 37.5 Å². The number of nitrogens with one attached hydrogen (secondary N) is 2. The van der Waals surface area contributed by atoms with Crippen LogP contribution in [0.2, 0.25) is 0 Å². The molecule has 2 saturated heterocycles. The van der Waals surface area contributed by atoms with E-state index in [9.17, 15) is 32.3 Å². The molecular weight excluding hydrogens is 869 g/mol. The maximum absolute atomic E-state index is 13.5. The molecule has 4 aliphatic rings. The monoisotopic (exact) mass is 912 g/mol. The summed E-state index contributed by atoms with van der Waals surface area (Å²) in [6.07, 6.45) is 10.5. The van der Waals surface area contributed by atoms with Gasteiger partial charge in [0.2, 0.25) is 11.9 Å². The van der Waals surface area contributed by atoms with Crippen LogP contribution in [0.15, 0.2) is 57.9 Å². The Labute approximate surface area is 374 Å². The van der Waals surface area contributed by atoms with Crippen LogP contribution in [-0.4, -0.2) is 103 Å². The van der Waals surface area contributed by atoms with Gasteiger partial charge in [0.15, 0.2) is 23.3 Å². The van der Waals surface area contributed by atoms with Crippen molar-refractivity contribution < 1.29 is 45.8 Å². The number of rotatable bonds is 12. The van der Waals surface area contributed by atoms with Gasteiger partial charge in [0.25, 0.3) is 11.8 Å². The van der Waals surface area contributed by atoms with E-state index in [0.717, 1.165) is 41.6 Å². The Balaban J connectivity index is 0.000000166. The zero-order chi connectivity index (χ0) is 46.1. The Bertz CT molecular complexity index is 2660. The van der Waals surface area contributed by atoms with Crippen LogP contribution < -0.4 is 20.4 Å². The number of carboxylic acids is 1. The molecule has 66 heavy (non-hydrogen) atoms. The summed E-state index contributed by atoms with van der Waals surface area (Å²) in [4.78, 5) is 43.8. The number of hydrogen-bond donors (Lipinski definition) is 3. The number of carbonyl (C=O) groups is 2. The number of hydrogen-bond acceptors (Lipinski definition) is 17. The lowest BCUT2D eigenvalue weighted by atomic mass is 9.94. The summed E-state index contributed by atoms with van der Waals surface area (Å²) in [6, 6.07) is 5.62. The van der Waals surface area contributed by atoms with Crippen LogP contribution in [0.3, 0.4) is 0 Å². The van der Waals surface area contributed by atoms with Crippen LogP contribution in [0, 0.1) is 41.0 Å². The van der Waals surface area contributed by atoms with E-state index >= 15 is 0 Å². The Morgan fingerprint density at radius 1 is 0.697 bits per heavy atom. The Kier molecular flexibility index (Phi) is 12.4. The van der Waals surface area contributed by atoms with E-state index in [1.165, 1.54) is 31.4 Å². The van der Waals surface area contributed by atoms with Crippen LogP contribution in [0.5, 0.6) is 0 Å². The third-order valence-corrected chi connectivity index (χ3v) is 12.5. The van der Waals surface area contributed by atoms with Gasteiger partial charge in [0.1, 0.15) is 0 Å². The second-order valence-corrected chi connectivity index (χ2v) is 16.9. The topological polar surface area (TPSA) is 224 Å². The molecule has 0 saturated carbocycles. The highest BCUT2D eigenvalue weighted by Gasteiger charge is 2.34. The number of ether oxygens (including phenoxy) is 1. The van der Waals surface area contributed by atoms with Crippen molar-refractivity contribution in [2.75, 3.05) is 53.7 Å². The van der Waals surface area contributed by atoms with E-state index in [4.69, 9.17) is 13.6 Å². The van der Waals surface area contributed by atoms with Gasteiger partial charge in [0, 0.05) is 63.1 Å². The first-order chi connectivity index (χ1) is 31.8. The quantitative estimate of drug-likeness (QED) is 0.0989. The van der Waals surface area contributed by atoms with E-state index in [2.05, 4.69) is 51.0 Å². The molecule has 3 unspecified atom stereocenters. The van der Waals surface area contributed by atoms with Crippen LogP contribution in [0.1, 0.15) is 48.4 Å². The van der Waals surface area contributed by atoms with E-state index in [-0.39, 0.29) is 35.8 Å². The first-order valence-corrected chi connectivity index (χ1v) is 21.4. The smallest absolute Gasteiger partial charge is 0.318 e. The summed E-state index contributed by atoms with van der Waals surface area (Å²) in [5.74, 6) is -3.22. The second-order valence-electron chi connectivity index (χ2n) is 16.9. The molecule has 18 nitrogen and oxygen atoms in total. The summed E-state index contributed by atoms with van der Waals surface area (Å²) in [5, 5.41) is 32.0. The molecule has 0 radical (unpaired) electrons. The highest BCUT2D eigenvalue weighted by Crippen LogP contribution is 2.32. The van der Waals surface area contributed by atoms with E-state index < -0.39 is 35.2 Å². The van der Waals surface area contributed by atoms with Crippen molar-refractivity contribution in [3.63, 3.8) is 0 Å². The SMILES string of the molecule is CC(C(=O)O)C1CCN(c2nnc(-c3cnc(NC4Cc5cc(F)c(F)cc5C4)nc3)o2)C1.COC(=O)CC1CCN(c2nnc(-c3cnc(NC4Cc5cc(F)c(F)cc5C4)nc3)o2)C1. The molecule has 3 atom stereocenters. The van der Waals surface area contributed by atoms with Gasteiger partial charge in [0.05, 0.1) is 30.6 Å². The molecule has 2 fully saturated rings. The first kappa shape index (κ1) is 44.0. The van der Waals surface area contributed by atoms with Gasteiger partial charge < -0.3 is 39.1 Å². The predicted molar refractivity (Wildman–Crippen MR) is 227 cm³/mol. The molecule has 6 aromatic rings. The minimum absolute atomic E-state index is 0.0289. The van der Waals surface area contributed by atoms with Crippen molar-refractivity contribution in [2.45, 2.75) is 64.0 Å². The largest absolute Gasteiger partial charge is 0.481 e. The number of anilines is 4. The number of carboxylic acid groups (broad SMARTS) is 1. The lowest BCUT2D eigenvalue weighted by Gasteiger charge is -2.15. The Morgan fingerprint density at radius 3 is 1.55 bits per heavy atom. The van der Waals surface area contributed by atoms with Crippen LogP contribution in [-0.2, 0) is 40.0 Å². The summed E-state index contributed by atoms with van der Waals surface area (Å²) in [6.45, 7) is 4.28. The molecular formula is C44H44F4N12O6. The summed E-state index contributed by atoms with van der Waals surface area (Å²) in [5.41, 5.74) is 4.26. The highest BCUT2D eigenvalue weighted by molar-refractivity contribution is 5.70. The lowest BCUT2D eigenvalue weighted by molar-refractivity contribution is -0.143. The van der Waals surface area contributed by atoms with Crippen molar-refractivity contribution in [1.82, 2.24) is 40.3 Å². The number of aliphatic carboxylic acids is 1. The fourth-order valence-corrected chi connectivity index (χ4v) is 8.80. The maximum atomic E-state index is 13.5. The van der Waals surface area contributed by atoms with Crippen molar-refractivity contribution in [2.24, 2.45) is 17.8 Å². The van der Waals surface area contributed by atoms with E-state index in [1.54, 1.807) is 31.7 Å². The van der Waals surface area contributed by atoms with Crippen LogP contribution in [0.4, 0.5) is 41.5 Å². The Morgan fingerprint density at radius 2 is 1.12 bits per heavy atom. The minimum atomic E-state index is -0.838. The number of benzene rings is 2. The van der Waals surface area contributed by atoms with Crippen molar-refractivity contribution in [3.05, 3.63) is 94.6 Å². The molecule has 344 valence electrons. The molecule has 0 spiro atoms. The Hall–Kier alpha value is -7.26. The van der Waals surface area contributed by atoms with Gasteiger partial charge in [-0.3, -0.25) is 9.59 Å². The van der Waals surface area contributed by atoms with Gasteiger partial charge in [-0.15, -0.1) is 10.2 Å². The molecule has 22 heteroatoms. The summed E-state index contributed by atoms with van der Waals surface area (Å²) in [7, 11) is 1.39. The van der Waals surface area contributed by atoms with Gasteiger partial charge in [-0.05, 0) is 96.9 Å². The second kappa shape index (κ2) is 18.7. The molecule has 2 aliphatic carbocycles. The zero-order valence-corrected chi connectivity index (χ0v) is 35.8. The molecule has 2 aliphatic heterocycles. The van der Waals surface area contributed by atoms with Gasteiger partial charge >= 0.3 is 24.0 Å². The number of nitrogens with zero attached hydrogens (tertiary/aromatic N) is 10. The summed E-state index contributed by atoms with van der Waals surface area (Å²) < 4.78 is 70.1. The fourth-order valence-electron chi connectivity index (χ4n) is 8.80. The van der Waals surface area contributed by atoms with Crippen molar-refractivity contribution in [1.29, 1.82) is 0 Å². The molecule has 10 rings (SSSR count). The van der Waals surface area contributed by atoms with E-state index in [0.29, 0.717) is 92.7 Å².